The molecule has 6 heteroatoms. The van der Waals surface area contributed by atoms with Crippen molar-refractivity contribution >= 4 is 16.7 Å². The second kappa shape index (κ2) is 7.19. The Morgan fingerprint density at radius 3 is 2.81 bits per heavy atom. The smallest absolute Gasteiger partial charge is 0.256 e. The fraction of sp³-hybridized carbons (Fsp3) is 0.500. The van der Waals surface area contributed by atoms with Crippen molar-refractivity contribution in [1.29, 1.82) is 0 Å². The van der Waals surface area contributed by atoms with Crippen molar-refractivity contribution in [2.75, 3.05) is 26.2 Å². The number of rotatable bonds is 3. The average molecular weight is 358 g/mol. The van der Waals surface area contributed by atoms with Crippen LogP contribution in [0.3, 0.4) is 0 Å². The summed E-state index contributed by atoms with van der Waals surface area (Å²) in [5.41, 5.74) is 1.57. The molecule has 2 N–H and O–H groups in total. The van der Waals surface area contributed by atoms with Crippen LogP contribution in [0, 0.1) is 5.82 Å². The lowest BCUT2D eigenvalue weighted by atomic mass is 9.98. The molecule has 3 heterocycles. The molecule has 0 spiro atoms. The van der Waals surface area contributed by atoms with Crippen LogP contribution in [0.25, 0.3) is 10.8 Å². The van der Waals surface area contributed by atoms with Gasteiger partial charge in [-0.15, -0.1) is 0 Å². The van der Waals surface area contributed by atoms with Gasteiger partial charge in [-0.05, 0) is 42.3 Å². The maximum absolute atomic E-state index is 13.5. The lowest BCUT2D eigenvalue weighted by molar-refractivity contribution is -0.904. The van der Waals surface area contributed by atoms with Crippen LogP contribution in [0.5, 0.6) is 0 Å². The molecule has 4 rings (SSSR count). The predicted molar refractivity (Wildman–Crippen MR) is 97.7 cm³/mol. The summed E-state index contributed by atoms with van der Waals surface area (Å²) in [4.78, 5) is 31.2. The minimum Gasteiger partial charge on any atom is -0.338 e. The van der Waals surface area contributed by atoms with Crippen LogP contribution >= 0.6 is 0 Å². The number of pyridine rings is 1. The van der Waals surface area contributed by atoms with E-state index in [-0.39, 0.29) is 11.5 Å². The van der Waals surface area contributed by atoms with Crippen molar-refractivity contribution in [2.45, 2.75) is 38.6 Å². The molecule has 2 aliphatic heterocycles. The number of carbonyl (C=O) groups is 1. The number of nitrogens with zero attached hydrogens (tertiary/aromatic N) is 1. The summed E-state index contributed by atoms with van der Waals surface area (Å²) in [5, 5.41) is 1.11. The number of likely N-dealkylation sites (tertiary alicyclic amines) is 1. The van der Waals surface area contributed by atoms with Crippen molar-refractivity contribution in [1.82, 2.24) is 9.88 Å². The standard InChI is InChI=1S/C20H24FN3O2/c21-14-4-5-15-16(12-14)20(26)22-18-6-11-24(13-17(15)18)19(25)7-10-23-8-2-1-3-9-23/h4-5,12H,1-3,6-11,13H2,(H,22,26)/p+1. The number of piperidine rings is 1. The number of H-pyrrole nitrogens is 1. The van der Waals surface area contributed by atoms with Crippen LogP contribution < -0.4 is 10.5 Å². The molecule has 0 atom stereocenters. The molecule has 0 saturated carbocycles. The minimum absolute atomic E-state index is 0.176. The zero-order valence-corrected chi connectivity index (χ0v) is 14.9. The summed E-state index contributed by atoms with van der Waals surface area (Å²) in [7, 11) is 0. The number of hydrogen-bond acceptors (Lipinski definition) is 2. The highest BCUT2D eigenvalue weighted by atomic mass is 19.1. The first-order valence-electron chi connectivity index (χ1n) is 9.56. The maximum Gasteiger partial charge on any atom is 0.256 e. The Kier molecular flexibility index (Phi) is 4.76. The van der Waals surface area contributed by atoms with E-state index >= 15 is 0 Å². The minimum atomic E-state index is -0.420. The van der Waals surface area contributed by atoms with Gasteiger partial charge in [-0.2, -0.15) is 0 Å². The monoisotopic (exact) mass is 358 g/mol. The number of halogens is 1. The molecule has 1 aromatic heterocycles. The number of aromatic nitrogens is 1. The Bertz CT molecular complexity index is 886. The maximum atomic E-state index is 13.5. The van der Waals surface area contributed by atoms with E-state index in [0.29, 0.717) is 31.3 Å². The van der Waals surface area contributed by atoms with Gasteiger partial charge in [0.25, 0.3) is 5.56 Å². The molecule has 0 bridgehead atoms. The van der Waals surface area contributed by atoms with Gasteiger partial charge in [0.1, 0.15) is 5.82 Å². The summed E-state index contributed by atoms with van der Waals surface area (Å²) in [5.74, 6) is -0.244. The Labute approximate surface area is 151 Å². The SMILES string of the molecule is O=C(CC[NH+]1CCCCC1)N1CCc2[nH]c(=O)c3cc(F)ccc3c2C1. The largest absolute Gasteiger partial charge is 0.338 e. The van der Waals surface area contributed by atoms with Crippen LogP contribution in [0.2, 0.25) is 0 Å². The summed E-state index contributed by atoms with van der Waals surface area (Å²) < 4.78 is 13.5. The number of carbonyl (C=O) groups excluding carboxylic acids is 1. The molecule has 2 aliphatic rings. The average Bonchev–Trinajstić information content (AvgIpc) is 2.67. The van der Waals surface area contributed by atoms with Gasteiger partial charge in [0.05, 0.1) is 31.4 Å². The van der Waals surface area contributed by atoms with E-state index in [0.717, 1.165) is 23.2 Å². The molecule has 0 aliphatic carbocycles. The van der Waals surface area contributed by atoms with Crippen molar-refractivity contribution in [3.8, 4) is 0 Å². The Balaban J connectivity index is 1.51. The normalized spacial score (nSPS) is 18.1. The number of fused-ring (bicyclic) bond motifs is 3. The van der Waals surface area contributed by atoms with E-state index in [4.69, 9.17) is 0 Å². The highest BCUT2D eigenvalue weighted by Gasteiger charge is 2.25. The van der Waals surface area contributed by atoms with Gasteiger partial charge in [-0.3, -0.25) is 9.59 Å². The van der Waals surface area contributed by atoms with Crippen molar-refractivity contribution < 1.29 is 14.1 Å². The molecule has 0 unspecified atom stereocenters. The van der Waals surface area contributed by atoms with E-state index in [1.807, 2.05) is 4.90 Å². The number of quaternary nitrogens is 1. The van der Waals surface area contributed by atoms with Crippen LogP contribution in [0.15, 0.2) is 23.0 Å². The first kappa shape index (κ1) is 17.2. The lowest BCUT2D eigenvalue weighted by Crippen LogP contribution is -3.12. The quantitative estimate of drug-likeness (QED) is 0.860. The number of aromatic amines is 1. The molecule has 1 fully saturated rings. The molecule has 0 radical (unpaired) electrons. The van der Waals surface area contributed by atoms with E-state index < -0.39 is 5.82 Å². The fourth-order valence-electron chi connectivity index (χ4n) is 4.28. The summed E-state index contributed by atoms with van der Waals surface area (Å²) in [6, 6.07) is 4.31. The Hall–Kier alpha value is -2.21. The first-order chi connectivity index (χ1) is 12.6. The second-order valence-electron chi connectivity index (χ2n) is 7.48. The van der Waals surface area contributed by atoms with E-state index in [2.05, 4.69) is 4.98 Å². The second-order valence-corrected chi connectivity index (χ2v) is 7.48. The van der Waals surface area contributed by atoms with Gasteiger partial charge in [-0.1, -0.05) is 6.07 Å². The van der Waals surface area contributed by atoms with E-state index in [1.54, 1.807) is 6.07 Å². The topological polar surface area (TPSA) is 57.6 Å². The van der Waals surface area contributed by atoms with E-state index in [9.17, 15) is 14.0 Å². The van der Waals surface area contributed by atoms with Gasteiger partial charge in [0, 0.05) is 25.2 Å². The van der Waals surface area contributed by atoms with Crippen molar-refractivity contribution in [3.63, 3.8) is 0 Å². The molecule has 5 nitrogen and oxygen atoms in total. The number of hydrogen-bond donors (Lipinski definition) is 2. The van der Waals surface area contributed by atoms with E-state index in [1.165, 1.54) is 49.4 Å². The van der Waals surface area contributed by atoms with Gasteiger partial charge < -0.3 is 14.8 Å². The molecule has 2 aromatic rings. The Morgan fingerprint density at radius 1 is 1.19 bits per heavy atom. The third-order valence-electron chi connectivity index (χ3n) is 5.77. The van der Waals surface area contributed by atoms with Gasteiger partial charge in [0.15, 0.2) is 0 Å². The summed E-state index contributed by atoms with van der Waals surface area (Å²) in [6.07, 6.45) is 5.04. The number of nitrogens with one attached hydrogen (secondary N) is 2. The third kappa shape index (κ3) is 3.38. The Morgan fingerprint density at radius 2 is 2.00 bits per heavy atom. The molecule has 1 amide bonds. The molecular weight excluding hydrogens is 333 g/mol. The highest BCUT2D eigenvalue weighted by Crippen LogP contribution is 2.25. The van der Waals surface area contributed by atoms with Gasteiger partial charge >= 0.3 is 0 Å². The molecule has 26 heavy (non-hydrogen) atoms. The van der Waals surface area contributed by atoms with Gasteiger partial charge in [-0.25, -0.2) is 4.39 Å². The van der Waals surface area contributed by atoms with Gasteiger partial charge in [0.2, 0.25) is 5.91 Å². The molecule has 138 valence electrons. The molecular formula is C20H25FN3O2+. The van der Waals surface area contributed by atoms with Crippen LogP contribution in [-0.4, -0.2) is 42.0 Å². The zero-order valence-electron chi connectivity index (χ0n) is 14.9. The summed E-state index contributed by atoms with van der Waals surface area (Å²) in [6.45, 7) is 4.37. The van der Waals surface area contributed by atoms with Crippen molar-refractivity contribution in [2.24, 2.45) is 0 Å². The third-order valence-corrected chi connectivity index (χ3v) is 5.77. The first-order valence-corrected chi connectivity index (χ1v) is 9.56. The molecule has 1 aromatic carbocycles. The number of amides is 1. The highest BCUT2D eigenvalue weighted by molar-refractivity contribution is 5.86. The van der Waals surface area contributed by atoms with Crippen LogP contribution in [-0.2, 0) is 17.8 Å². The fourth-order valence-corrected chi connectivity index (χ4v) is 4.28. The van der Waals surface area contributed by atoms with Crippen molar-refractivity contribution in [3.05, 3.63) is 45.6 Å². The van der Waals surface area contributed by atoms with Crippen LogP contribution in [0.1, 0.15) is 36.9 Å². The molecule has 1 saturated heterocycles. The zero-order chi connectivity index (χ0) is 18.1. The number of benzene rings is 1. The predicted octanol–water partition coefficient (Wildman–Crippen LogP) is 1.01. The van der Waals surface area contributed by atoms with Crippen LogP contribution in [0.4, 0.5) is 4.39 Å². The summed E-state index contributed by atoms with van der Waals surface area (Å²) >= 11 is 0. The lowest BCUT2D eigenvalue weighted by Gasteiger charge is -2.30.